The highest BCUT2D eigenvalue weighted by molar-refractivity contribution is 6.31. The molecule has 3 rings (SSSR count). The standard InChI is InChI=1S/C19H13ClF2N2O2/c1-11-4-6-13(10-15(11)20)26-19-14(3-2-8-23-19)18(25)24-17-7-5-12(21)9-16(17)22/h2-10H,1H3,(H,24,25). The van der Waals surface area contributed by atoms with Crippen LogP contribution in [0.1, 0.15) is 15.9 Å². The Morgan fingerprint density at radius 1 is 1.15 bits per heavy atom. The van der Waals surface area contributed by atoms with Gasteiger partial charge in [-0.15, -0.1) is 0 Å². The van der Waals surface area contributed by atoms with Gasteiger partial charge in [0.05, 0.1) is 5.69 Å². The monoisotopic (exact) mass is 374 g/mol. The quantitative estimate of drug-likeness (QED) is 0.668. The Hall–Kier alpha value is -2.99. The zero-order chi connectivity index (χ0) is 18.7. The third-order valence-electron chi connectivity index (χ3n) is 3.55. The lowest BCUT2D eigenvalue weighted by Gasteiger charge is -2.11. The van der Waals surface area contributed by atoms with Crippen molar-refractivity contribution < 1.29 is 18.3 Å². The summed E-state index contributed by atoms with van der Waals surface area (Å²) < 4.78 is 32.4. The summed E-state index contributed by atoms with van der Waals surface area (Å²) in [5.41, 5.74) is 0.822. The van der Waals surface area contributed by atoms with E-state index < -0.39 is 17.5 Å². The van der Waals surface area contributed by atoms with Gasteiger partial charge in [-0.3, -0.25) is 4.79 Å². The maximum atomic E-state index is 13.7. The first-order valence-corrected chi connectivity index (χ1v) is 7.97. The molecule has 1 N–H and O–H groups in total. The molecule has 0 saturated heterocycles. The summed E-state index contributed by atoms with van der Waals surface area (Å²) in [6.07, 6.45) is 1.46. The second-order valence-corrected chi connectivity index (χ2v) is 5.85. The van der Waals surface area contributed by atoms with Gasteiger partial charge in [0.25, 0.3) is 5.91 Å². The number of aromatic nitrogens is 1. The fraction of sp³-hybridized carbons (Fsp3) is 0.0526. The number of nitrogens with one attached hydrogen (secondary N) is 1. The minimum Gasteiger partial charge on any atom is -0.438 e. The molecular formula is C19H13ClF2N2O2. The van der Waals surface area contributed by atoms with Crippen molar-refractivity contribution in [2.75, 3.05) is 5.32 Å². The molecule has 4 nitrogen and oxygen atoms in total. The second kappa shape index (κ2) is 7.49. The van der Waals surface area contributed by atoms with Gasteiger partial charge in [0.1, 0.15) is 22.9 Å². The highest BCUT2D eigenvalue weighted by atomic mass is 35.5. The number of halogens is 3. The Labute approximate surface area is 153 Å². The molecule has 0 unspecified atom stereocenters. The van der Waals surface area contributed by atoms with Gasteiger partial charge >= 0.3 is 0 Å². The maximum Gasteiger partial charge on any atom is 0.261 e. The van der Waals surface area contributed by atoms with Crippen molar-refractivity contribution in [1.29, 1.82) is 0 Å². The molecule has 1 amide bonds. The van der Waals surface area contributed by atoms with Gasteiger partial charge in [-0.2, -0.15) is 0 Å². The van der Waals surface area contributed by atoms with E-state index in [4.69, 9.17) is 16.3 Å². The average Bonchev–Trinajstić information content (AvgIpc) is 2.61. The van der Waals surface area contributed by atoms with E-state index in [0.29, 0.717) is 16.8 Å². The van der Waals surface area contributed by atoms with Crippen LogP contribution >= 0.6 is 11.6 Å². The van der Waals surface area contributed by atoms with Crippen LogP contribution in [0.15, 0.2) is 54.7 Å². The molecule has 7 heteroatoms. The lowest BCUT2D eigenvalue weighted by atomic mass is 10.2. The molecule has 2 aromatic carbocycles. The molecule has 3 aromatic rings. The van der Waals surface area contributed by atoms with Crippen molar-refractivity contribution in [3.63, 3.8) is 0 Å². The number of ether oxygens (including phenoxy) is 1. The van der Waals surface area contributed by atoms with Gasteiger partial charge in [-0.1, -0.05) is 17.7 Å². The SMILES string of the molecule is Cc1ccc(Oc2ncccc2C(=O)Nc2ccc(F)cc2F)cc1Cl. The van der Waals surface area contributed by atoms with Crippen LogP contribution in [0.4, 0.5) is 14.5 Å². The first kappa shape index (κ1) is 17.8. The maximum absolute atomic E-state index is 13.7. The van der Waals surface area contributed by atoms with Gasteiger partial charge in [-0.05, 0) is 48.9 Å². The number of benzene rings is 2. The number of pyridine rings is 1. The summed E-state index contributed by atoms with van der Waals surface area (Å²) in [6.45, 7) is 1.85. The zero-order valence-electron chi connectivity index (χ0n) is 13.6. The number of anilines is 1. The number of amides is 1. The Morgan fingerprint density at radius 3 is 2.69 bits per heavy atom. The first-order valence-electron chi connectivity index (χ1n) is 7.59. The van der Waals surface area contributed by atoms with Crippen molar-refractivity contribution in [3.8, 4) is 11.6 Å². The number of aryl methyl sites for hydroxylation is 1. The Kier molecular flexibility index (Phi) is 5.14. The van der Waals surface area contributed by atoms with Crippen LogP contribution < -0.4 is 10.1 Å². The first-order chi connectivity index (χ1) is 12.4. The smallest absolute Gasteiger partial charge is 0.261 e. The number of hydrogen-bond acceptors (Lipinski definition) is 3. The highest BCUT2D eigenvalue weighted by Gasteiger charge is 2.16. The van der Waals surface area contributed by atoms with Crippen LogP contribution in [0.5, 0.6) is 11.6 Å². The van der Waals surface area contributed by atoms with Gasteiger partial charge in [0, 0.05) is 17.3 Å². The van der Waals surface area contributed by atoms with E-state index >= 15 is 0 Å². The molecule has 0 bridgehead atoms. The predicted molar refractivity (Wildman–Crippen MR) is 94.8 cm³/mol. The fourth-order valence-corrected chi connectivity index (χ4v) is 2.34. The van der Waals surface area contributed by atoms with Crippen molar-refractivity contribution in [2.24, 2.45) is 0 Å². The van der Waals surface area contributed by atoms with Gasteiger partial charge in [-0.25, -0.2) is 13.8 Å². The average molecular weight is 375 g/mol. The number of carbonyl (C=O) groups is 1. The predicted octanol–water partition coefficient (Wildman–Crippen LogP) is 5.37. The topological polar surface area (TPSA) is 51.2 Å². The Bertz CT molecular complexity index is 980. The minimum absolute atomic E-state index is 0.0347. The van der Waals surface area contributed by atoms with E-state index in [2.05, 4.69) is 10.3 Å². The molecule has 132 valence electrons. The Balaban J connectivity index is 1.86. The van der Waals surface area contributed by atoms with Crippen molar-refractivity contribution in [1.82, 2.24) is 4.98 Å². The summed E-state index contributed by atoms with van der Waals surface area (Å²) in [5, 5.41) is 2.89. The highest BCUT2D eigenvalue weighted by Crippen LogP contribution is 2.28. The summed E-state index contributed by atoms with van der Waals surface area (Å²) in [4.78, 5) is 16.5. The molecule has 0 atom stereocenters. The molecule has 0 aliphatic heterocycles. The summed E-state index contributed by atoms with van der Waals surface area (Å²) in [5.74, 6) is -1.82. The number of rotatable bonds is 4. The number of hydrogen-bond donors (Lipinski definition) is 1. The molecule has 0 saturated carbocycles. The molecule has 0 aliphatic carbocycles. The van der Waals surface area contributed by atoms with Crippen molar-refractivity contribution in [2.45, 2.75) is 6.92 Å². The third-order valence-corrected chi connectivity index (χ3v) is 3.96. The van der Waals surface area contributed by atoms with E-state index in [1.54, 1.807) is 24.3 Å². The van der Waals surface area contributed by atoms with E-state index in [1.807, 2.05) is 6.92 Å². The summed E-state index contributed by atoms with van der Waals surface area (Å²) in [6, 6.07) is 11.0. The van der Waals surface area contributed by atoms with Crippen LogP contribution in [-0.2, 0) is 0 Å². The van der Waals surface area contributed by atoms with E-state index in [0.717, 1.165) is 17.7 Å². The van der Waals surface area contributed by atoms with Gasteiger partial charge in [0.15, 0.2) is 0 Å². The molecule has 1 aromatic heterocycles. The molecule has 26 heavy (non-hydrogen) atoms. The molecule has 0 spiro atoms. The number of carbonyl (C=O) groups excluding carboxylic acids is 1. The lowest BCUT2D eigenvalue weighted by molar-refractivity contribution is 0.102. The van der Waals surface area contributed by atoms with Crippen LogP contribution in [-0.4, -0.2) is 10.9 Å². The van der Waals surface area contributed by atoms with Crippen LogP contribution in [0, 0.1) is 18.6 Å². The van der Waals surface area contributed by atoms with Crippen molar-refractivity contribution >= 4 is 23.2 Å². The lowest BCUT2D eigenvalue weighted by Crippen LogP contribution is -2.14. The fourth-order valence-electron chi connectivity index (χ4n) is 2.17. The molecular weight excluding hydrogens is 362 g/mol. The van der Waals surface area contributed by atoms with Crippen LogP contribution in [0.25, 0.3) is 0 Å². The second-order valence-electron chi connectivity index (χ2n) is 5.45. The zero-order valence-corrected chi connectivity index (χ0v) is 14.3. The van der Waals surface area contributed by atoms with Crippen LogP contribution in [0.3, 0.4) is 0 Å². The van der Waals surface area contributed by atoms with E-state index in [1.165, 1.54) is 12.3 Å². The molecule has 0 fully saturated rings. The normalized spacial score (nSPS) is 10.5. The van der Waals surface area contributed by atoms with Gasteiger partial charge < -0.3 is 10.1 Å². The minimum atomic E-state index is -0.880. The Morgan fingerprint density at radius 2 is 1.96 bits per heavy atom. The summed E-state index contributed by atoms with van der Waals surface area (Å²) in [7, 11) is 0. The molecule has 1 heterocycles. The van der Waals surface area contributed by atoms with Gasteiger partial charge in [0.2, 0.25) is 5.88 Å². The largest absolute Gasteiger partial charge is 0.438 e. The third kappa shape index (κ3) is 3.97. The molecule has 0 radical (unpaired) electrons. The van der Waals surface area contributed by atoms with Crippen molar-refractivity contribution in [3.05, 3.63) is 82.5 Å². The summed E-state index contributed by atoms with van der Waals surface area (Å²) >= 11 is 6.07. The number of nitrogens with zero attached hydrogens (tertiary/aromatic N) is 1. The molecule has 0 aliphatic rings. The van der Waals surface area contributed by atoms with E-state index in [-0.39, 0.29) is 17.1 Å². The van der Waals surface area contributed by atoms with E-state index in [9.17, 15) is 13.6 Å². The van der Waals surface area contributed by atoms with Crippen LogP contribution in [0.2, 0.25) is 5.02 Å².